The Balaban J connectivity index is 2.27. The van der Waals surface area contributed by atoms with Crippen LogP contribution in [0.5, 0.6) is 0 Å². The average molecular weight is 396 g/mol. The van der Waals surface area contributed by atoms with Crippen molar-refractivity contribution >= 4 is 43.2 Å². The summed E-state index contributed by atoms with van der Waals surface area (Å²) < 4.78 is 28.4. The third kappa shape index (κ3) is 3.92. The van der Waals surface area contributed by atoms with Gasteiger partial charge in [-0.25, -0.2) is 13.1 Å². The minimum absolute atomic E-state index is 0.0432. The van der Waals surface area contributed by atoms with Crippen LogP contribution in [-0.4, -0.2) is 14.5 Å². The number of halogens is 2. The van der Waals surface area contributed by atoms with Crippen molar-refractivity contribution < 1.29 is 8.42 Å². The lowest BCUT2D eigenvalue weighted by atomic mass is 9.80. The highest BCUT2D eigenvalue weighted by Crippen LogP contribution is 2.33. The normalized spacial score (nSPS) is 26.8. The second kappa shape index (κ2) is 6.44. The Bertz CT molecular complexity index is 636. The number of hydrogen-bond acceptors (Lipinski definition) is 3. The highest BCUT2D eigenvalue weighted by atomic mass is 79.9. The van der Waals surface area contributed by atoms with Crippen LogP contribution in [0.2, 0.25) is 5.02 Å². The molecule has 0 spiro atoms. The smallest absolute Gasteiger partial charge is 0.242 e. The number of benzene rings is 1. The van der Waals surface area contributed by atoms with Crippen molar-refractivity contribution in [2.75, 3.05) is 5.73 Å². The van der Waals surface area contributed by atoms with Crippen molar-refractivity contribution in [3.8, 4) is 0 Å². The van der Waals surface area contributed by atoms with E-state index < -0.39 is 10.0 Å². The van der Waals surface area contributed by atoms with Gasteiger partial charge in [0.05, 0.1) is 9.37 Å². The summed E-state index contributed by atoms with van der Waals surface area (Å²) in [6.45, 7) is 4.29. The Morgan fingerprint density at radius 2 is 2.00 bits per heavy atom. The Morgan fingerprint density at radius 3 is 2.62 bits per heavy atom. The van der Waals surface area contributed by atoms with Crippen molar-refractivity contribution in [2.24, 2.45) is 11.8 Å². The monoisotopic (exact) mass is 394 g/mol. The first-order valence-corrected chi connectivity index (χ1v) is 9.63. The molecule has 0 aliphatic heterocycles. The largest absolute Gasteiger partial charge is 0.398 e. The van der Waals surface area contributed by atoms with Gasteiger partial charge in [0.2, 0.25) is 10.0 Å². The molecule has 3 unspecified atom stereocenters. The molecule has 2 rings (SSSR count). The first-order chi connectivity index (χ1) is 9.70. The summed E-state index contributed by atoms with van der Waals surface area (Å²) in [6, 6.07) is 2.90. The van der Waals surface area contributed by atoms with E-state index in [0.29, 0.717) is 27.0 Å². The minimum Gasteiger partial charge on any atom is -0.398 e. The molecule has 7 heteroatoms. The van der Waals surface area contributed by atoms with Crippen LogP contribution >= 0.6 is 27.5 Å². The molecule has 1 aromatic rings. The standard InChI is InChI=1S/C14H20BrClN2O2S/c1-8-3-4-12(9(2)5-8)18-21(19,20)13-7-10(16)6-11(17)14(13)15/h6-9,12,18H,3-5,17H2,1-2H3. The Hall–Kier alpha value is -0.300. The molecule has 0 aromatic heterocycles. The van der Waals surface area contributed by atoms with Gasteiger partial charge in [-0.2, -0.15) is 0 Å². The molecule has 0 heterocycles. The third-order valence-electron chi connectivity index (χ3n) is 4.06. The predicted molar refractivity (Wildman–Crippen MR) is 89.9 cm³/mol. The summed E-state index contributed by atoms with van der Waals surface area (Å²) in [6.07, 6.45) is 2.93. The second-order valence-corrected chi connectivity index (χ2v) is 8.84. The molecule has 3 N–H and O–H groups in total. The maximum Gasteiger partial charge on any atom is 0.242 e. The van der Waals surface area contributed by atoms with Gasteiger partial charge in [-0.3, -0.25) is 0 Å². The molecular weight excluding hydrogens is 376 g/mol. The fraction of sp³-hybridized carbons (Fsp3) is 0.571. The first-order valence-electron chi connectivity index (χ1n) is 6.97. The number of sulfonamides is 1. The summed E-state index contributed by atoms with van der Waals surface area (Å²) in [7, 11) is -3.65. The minimum atomic E-state index is -3.65. The zero-order valence-electron chi connectivity index (χ0n) is 12.1. The van der Waals surface area contributed by atoms with Gasteiger partial charge in [-0.15, -0.1) is 0 Å². The Morgan fingerprint density at radius 1 is 1.33 bits per heavy atom. The first kappa shape index (κ1) is 17.1. The van der Waals surface area contributed by atoms with Crippen molar-refractivity contribution in [1.82, 2.24) is 4.72 Å². The van der Waals surface area contributed by atoms with Gasteiger partial charge in [0.1, 0.15) is 0 Å². The molecule has 1 fully saturated rings. The molecule has 0 bridgehead atoms. The molecule has 0 saturated heterocycles. The van der Waals surface area contributed by atoms with Crippen LogP contribution in [0, 0.1) is 11.8 Å². The van der Waals surface area contributed by atoms with Crippen LogP contribution in [0.25, 0.3) is 0 Å². The third-order valence-corrected chi connectivity index (χ3v) is 6.94. The molecule has 1 aliphatic carbocycles. The molecular formula is C14H20BrClN2O2S. The van der Waals surface area contributed by atoms with E-state index in [1.54, 1.807) is 0 Å². The van der Waals surface area contributed by atoms with E-state index in [2.05, 4.69) is 34.5 Å². The van der Waals surface area contributed by atoms with E-state index in [1.165, 1.54) is 12.1 Å². The number of anilines is 1. The summed E-state index contributed by atoms with van der Waals surface area (Å²) in [5, 5.41) is 0.307. The van der Waals surface area contributed by atoms with E-state index in [4.69, 9.17) is 17.3 Å². The maximum absolute atomic E-state index is 12.6. The average Bonchev–Trinajstić information content (AvgIpc) is 2.37. The van der Waals surface area contributed by atoms with Crippen LogP contribution in [0.4, 0.5) is 5.69 Å². The van der Waals surface area contributed by atoms with Gasteiger partial charge in [-0.05, 0) is 59.2 Å². The lowest BCUT2D eigenvalue weighted by Gasteiger charge is -2.33. The van der Waals surface area contributed by atoms with E-state index in [0.717, 1.165) is 19.3 Å². The summed E-state index contributed by atoms with van der Waals surface area (Å²) in [5.41, 5.74) is 6.09. The van der Waals surface area contributed by atoms with Crippen LogP contribution in [0.15, 0.2) is 21.5 Å². The fourth-order valence-electron chi connectivity index (χ4n) is 2.88. The molecule has 1 saturated carbocycles. The maximum atomic E-state index is 12.6. The molecule has 1 aliphatic rings. The van der Waals surface area contributed by atoms with Crippen LogP contribution in [-0.2, 0) is 10.0 Å². The van der Waals surface area contributed by atoms with Gasteiger partial charge in [0.15, 0.2) is 0 Å². The summed E-state index contributed by atoms with van der Waals surface area (Å²) >= 11 is 9.16. The van der Waals surface area contributed by atoms with E-state index in [-0.39, 0.29) is 10.9 Å². The van der Waals surface area contributed by atoms with Crippen LogP contribution in [0.3, 0.4) is 0 Å². The molecule has 0 radical (unpaired) electrons. The van der Waals surface area contributed by atoms with Crippen molar-refractivity contribution in [3.63, 3.8) is 0 Å². The Labute approximate surface area is 139 Å². The topological polar surface area (TPSA) is 72.2 Å². The number of hydrogen-bond donors (Lipinski definition) is 2. The molecule has 1 aromatic carbocycles. The SMILES string of the molecule is CC1CCC(NS(=O)(=O)c2cc(Cl)cc(N)c2Br)C(C)C1. The predicted octanol–water partition coefficient (Wildman–Crippen LogP) is 3.79. The molecule has 21 heavy (non-hydrogen) atoms. The van der Waals surface area contributed by atoms with Crippen molar-refractivity contribution in [2.45, 2.75) is 44.0 Å². The molecule has 0 amide bonds. The highest BCUT2D eigenvalue weighted by Gasteiger charge is 2.30. The van der Waals surface area contributed by atoms with E-state index in [1.807, 2.05) is 0 Å². The molecule has 118 valence electrons. The number of rotatable bonds is 3. The van der Waals surface area contributed by atoms with Crippen molar-refractivity contribution in [3.05, 3.63) is 21.6 Å². The molecule has 4 nitrogen and oxygen atoms in total. The Kier molecular flexibility index (Phi) is 5.23. The van der Waals surface area contributed by atoms with Gasteiger partial charge in [0, 0.05) is 16.8 Å². The van der Waals surface area contributed by atoms with Crippen LogP contribution < -0.4 is 10.5 Å². The number of nitrogen functional groups attached to an aromatic ring is 1. The second-order valence-electron chi connectivity index (χ2n) is 5.93. The zero-order valence-corrected chi connectivity index (χ0v) is 15.2. The van der Waals surface area contributed by atoms with E-state index >= 15 is 0 Å². The van der Waals surface area contributed by atoms with E-state index in [9.17, 15) is 8.42 Å². The van der Waals surface area contributed by atoms with Crippen LogP contribution in [0.1, 0.15) is 33.1 Å². The van der Waals surface area contributed by atoms with Gasteiger partial charge < -0.3 is 5.73 Å². The zero-order chi connectivity index (χ0) is 15.8. The quantitative estimate of drug-likeness (QED) is 0.765. The molecule has 3 atom stereocenters. The summed E-state index contributed by atoms with van der Waals surface area (Å²) in [5.74, 6) is 0.966. The lowest BCUT2D eigenvalue weighted by molar-refractivity contribution is 0.249. The number of nitrogens with one attached hydrogen (secondary N) is 1. The fourth-order valence-corrected chi connectivity index (χ4v) is 5.55. The van der Waals surface area contributed by atoms with Gasteiger partial charge in [0.25, 0.3) is 0 Å². The lowest BCUT2D eigenvalue weighted by Crippen LogP contribution is -2.42. The van der Waals surface area contributed by atoms with Gasteiger partial charge >= 0.3 is 0 Å². The number of nitrogens with two attached hydrogens (primary N) is 1. The highest BCUT2D eigenvalue weighted by molar-refractivity contribution is 9.10. The summed E-state index contributed by atoms with van der Waals surface area (Å²) in [4.78, 5) is 0.0957. The van der Waals surface area contributed by atoms with Gasteiger partial charge in [-0.1, -0.05) is 25.4 Å². The van der Waals surface area contributed by atoms with Crippen molar-refractivity contribution in [1.29, 1.82) is 0 Å².